The van der Waals surface area contributed by atoms with Gasteiger partial charge in [0, 0.05) is 26.1 Å². The van der Waals surface area contributed by atoms with E-state index in [2.05, 4.69) is 36.5 Å². The van der Waals surface area contributed by atoms with Crippen molar-refractivity contribution in [3.63, 3.8) is 0 Å². The monoisotopic (exact) mass is 191 g/mol. The van der Waals surface area contributed by atoms with E-state index < -0.39 is 0 Å². The molecular weight excluding hydrogens is 174 g/mol. The smallest absolute Gasteiger partial charge is 0.0873 e. The maximum atomic E-state index is 5.56. The highest BCUT2D eigenvalue weighted by Crippen LogP contribution is 2.28. The molecule has 14 heavy (non-hydrogen) atoms. The minimum atomic E-state index is 0.260. The zero-order valence-electron chi connectivity index (χ0n) is 8.79. The molecule has 1 N–H and O–H groups in total. The topological polar surface area (TPSA) is 21.3 Å². The van der Waals surface area contributed by atoms with E-state index in [1.807, 2.05) is 0 Å². The van der Waals surface area contributed by atoms with E-state index in [1.54, 1.807) is 7.11 Å². The van der Waals surface area contributed by atoms with Crippen molar-refractivity contribution in [2.45, 2.75) is 13.0 Å². The van der Waals surface area contributed by atoms with E-state index in [4.69, 9.17) is 4.74 Å². The molecule has 0 saturated carbocycles. The third-order valence-electron chi connectivity index (χ3n) is 2.87. The lowest BCUT2D eigenvalue weighted by molar-refractivity contribution is 0.0292. The summed E-state index contributed by atoms with van der Waals surface area (Å²) in [7, 11) is 1.80. The summed E-state index contributed by atoms with van der Waals surface area (Å²) < 4.78 is 5.56. The van der Waals surface area contributed by atoms with Crippen LogP contribution in [-0.2, 0) is 4.74 Å². The number of hydrogen-bond donors (Lipinski definition) is 1. The molecule has 0 bridgehead atoms. The molecule has 0 unspecified atom stereocenters. The van der Waals surface area contributed by atoms with Crippen molar-refractivity contribution in [2.75, 3.05) is 20.2 Å². The highest BCUT2D eigenvalue weighted by atomic mass is 16.5. The highest BCUT2D eigenvalue weighted by molar-refractivity contribution is 5.25. The van der Waals surface area contributed by atoms with Crippen LogP contribution in [0.4, 0.5) is 0 Å². The molecule has 0 spiro atoms. The van der Waals surface area contributed by atoms with Crippen molar-refractivity contribution >= 4 is 0 Å². The van der Waals surface area contributed by atoms with Gasteiger partial charge in [-0.25, -0.2) is 0 Å². The number of rotatable bonds is 3. The van der Waals surface area contributed by atoms with Gasteiger partial charge in [0.2, 0.25) is 0 Å². The van der Waals surface area contributed by atoms with E-state index in [9.17, 15) is 0 Å². The molecule has 1 aromatic carbocycles. The Balaban J connectivity index is 2.17. The number of methoxy groups -OCH3 is 1. The number of benzene rings is 1. The van der Waals surface area contributed by atoms with Gasteiger partial charge in [-0.3, -0.25) is 0 Å². The van der Waals surface area contributed by atoms with E-state index in [-0.39, 0.29) is 6.10 Å². The first-order chi connectivity index (χ1) is 6.81. The molecule has 1 fully saturated rings. The van der Waals surface area contributed by atoms with Gasteiger partial charge in [-0.2, -0.15) is 0 Å². The van der Waals surface area contributed by atoms with Crippen LogP contribution in [0.15, 0.2) is 24.3 Å². The molecule has 2 rings (SSSR count). The summed E-state index contributed by atoms with van der Waals surface area (Å²) in [6, 6.07) is 8.59. The summed E-state index contributed by atoms with van der Waals surface area (Å²) in [5, 5.41) is 3.28. The highest BCUT2D eigenvalue weighted by Gasteiger charge is 2.27. The summed E-state index contributed by atoms with van der Waals surface area (Å²) in [6.45, 7) is 4.27. The Morgan fingerprint density at radius 2 is 2.21 bits per heavy atom. The van der Waals surface area contributed by atoms with Crippen molar-refractivity contribution in [3.8, 4) is 0 Å². The van der Waals surface area contributed by atoms with Crippen LogP contribution < -0.4 is 5.32 Å². The quantitative estimate of drug-likeness (QED) is 0.788. The van der Waals surface area contributed by atoms with E-state index in [1.165, 1.54) is 11.1 Å². The van der Waals surface area contributed by atoms with Crippen LogP contribution >= 0.6 is 0 Å². The molecule has 1 aliphatic rings. The summed E-state index contributed by atoms with van der Waals surface area (Å²) >= 11 is 0. The van der Waals surface area contributed by atoms with Gasteiger partial charge in [-0.1, -0.05) is 29.8 Å². The van der Waals surface area contributed by atoms with Gasteiger partial charge in [0.25, 0.3) is 0 Å². The van der Waals surface area contributed by atoms with Crippen LogP contribution in [-0.4, -0.2) is 20.2 Å². The van der Waals surface area contributed by atoms with Crippen molar-refractivity contribution in [1.29, 1.82) is 0 Å². The Kier molecular flexibility index (Phi) is 2.85. The molecular formula is C12H17NO. The van der Waals surface area contributed by atoms with Crippen molar-refractivity contribution in [1.82, 2.24) is 5.32 Å². The van der Waals surface area contributed by atoms with Crippen LogP contribution in [0.1, 0.15) is 17.2 Å². The Bertz CT molecular complexity index is 307. The fraction of sp³-hybridized carbons (Fsp3) is 0.500. The Labute approximate surface area is 85.3 Å². The number of aryl methyl sites for hydroxylation is 1. The van der Waals surface area contributed by atoms with Gasteiger partial charge >= 0.3 is 0 Å². The van der Waals surface area contributed by atoms with Gasteiger partial charge in [0.05, 0.1) is 6.10 Å². The third kappa shape index (κ3) is 1.81. The molecule has 76 valence electrons. The molecule has 1 heterocycles. The summed E-state index contributed by atoms with van der Waals surface area (Å²) in [5.74, 6) is 0.641. The Hall–Kier alpha value is -0.860. The van der Waals surface area contributed by atoms with Crippen LogP contribution in [0.5, 0.6) is 0 Å². The van der Waals surface area contributed by atoms with E-state index in [0.717, 1.165) is 13.1 Å². The standard InChI is InChI=1S/C12H17NO/c1-9-4-3-5-10(6-9)12(14-2)11-7-13-8-11/h3-6,11-13H,7-8H2,1-2H3/t12-/m0/s1. The van der Waals surface area contributed by atoms with Crippen molar-refractivity contribution in [2.24, 2.45) is 5.92 Å². The lowest BCUT2D eigenvalue weighted by atomic mass is 9.90. The predicted molar refractivity (Wildman–Crippen MR) is 57.3 cm³/mol. The largest absolute Gasteiger partial charge is 0.376 e. The Morgan fingerprint density at radius 3 is 2.71 bits per heavy atom. The maximum Gasteiger partial charge on any atom is 0.0873 e. The van der Waals surface area contributed by atoms with Crippen LogP contribution in [0.3, 0.4) is 0 Å². The van der Waals surface area contributed by atoms with Gasteiger partial charge < -0.3 is 10.1 Å². The third-order valence-corrected chi connectivity index (χ3v) is 2.87. The second kappa shape index (κ2) is 4.11. The first-order valence-corrected chi connectivity index (χ1v) is 5.11. The SMILES string of the molecule is CO[C@@H](c1cccc(C)c1)C1CNC1. The first kappa shape index (κ1) is 9.69. The minimum Gasteiger partial charge on any atom is -0.376 e. The van der Waals surface area contributed by atoms with Gasteiger partial charge in [0.15, 0.2) is 0 Å². The summed E-state index contributed by atoms with van der Waals surface area (Å²) in [4.78, 5) is 0. The van der Waals surface area contributed by atoms with Gasteiger partial charge in [-0.15, -0.1) is 0 Å². The molecule has 1 aliphatic heterocycles. The predicted octanol–water partition coefficient (Wildman–Crippen LogP) is 1.90. The molecule has 0 radical (unpaired) electrons. The fourth-order valence-corrected chi connectivity index (χ4v) is 1.97. The van der Waals surface area contributed by atoms with Gasteiger partial charge in [0.1, 0.15) is 0 Å². The lowest BCUT2D eigenvalue weighted by Gasteiger charge is -2.34. The molecule has 0 aromatic heterocycles. The molecule has 0 aliphatic carbocycles. The maximum absolute atomic E-state index is 5.56. The number of ether oxygens (including phenoxy) is 1. The molecule has 2 heteroatoms. The molecule has 2 nitrogen and oxygen atoms in total. The molecule has 1 saturated heterocycles. The normalized spacial score (nSPS) is 19.0. The summed E-state index contributed by atoms with van der Waals surface area (Å²) in [6.07, 6.45) is 0.260. The van der Waals surface area contributed by atoms with Gasteiger partial charge in [-0.05, 0) is 12.5 Å². The first-order valence-electron chi connectivity index (χ1n) is 5.11. The Morgan fingerprint density at radius 1 is 1.43 bits per heavy atom. The summed E-state index contributed by atoms with van der Waals surface area (Å²) in [5.41, 5.74) is 2.61. The van der Waals surface area contributed by atoms with E-state index >= 15 is 0 Å². The second-order valence-corrected chi connectivity index (χ2v) is 3.99. The van der Waals surface area contributed by atoms with Crippen LogP contribution in [0, 0.1) is 12.8 Å². The van der Waals surface area contributed by atoms with Crippen LogP contribution in [0.2, 0.25) is 0 Å². The average Bonchev–Trinajstić information content (AvgIpc) is 2.10. The lowest BCUT2D eigenvalue weighted by Crippen LogP contribution is -2.45. The second-order valence-electron chi connectivity index (χ2n) is 3.99. The zero-order valence-corrected chi connectivity index (χ0v) is 8.79. The van der Waals surface area contributed by atoms with Crippen molar-refractivity contribution < 1.29 is 4.74 Å². The molecule has 1 atom stereocenters. The number of nitrogens with one attached hydrogen (secondary N) is 1. The molecule has 1 aromatic rings. The van der Waals surface area contributed by atoms with Crippen LogP contribution in [0.25, 0.3) is 0 Å². The van der Waals surface area contributed by atoms with Crippen molar-refractivity contribution in [3.05, 3.63) is 35.4 Å². The fourth-order valence-electron chi connectivity index (χ4n) is 1.97. The molecule has 0 amide bonds. The number of hydrogen-bond acceptors (Lipinski definition) is 2. The van der Waals surface area contributed by atoms with E-state index in [0.29, 0.717) is 5.92 Å². The zero-order chi connectivity index (χ0) is 9.97. The minimum absolute atomic E-state index is 0.260. The average molecular weight is 191 g/mol.